The Kier molecular flexibility index (Phi) is 5.59. The van der Waals surface area contributed by atoms with E-state index in [-0.39, 0.29) is 18.9 Å². The Bertz CT molecular complexity index is 575. The van der Waals surface area contributed by atoms with E-state index in [2.05, 4.69) is 10.1 Å². The molecule has 1 heterocycles. The Labute approximate surface area is 131 Å². The van der Waals surface area contributed by atoms with E-state index in [1.54, 1.807) is 29.2 Å². The van der Waals surface area contributed by atoms with Crippen LogP contribution in [0.15, 0.2) is 24.3 Å². The van der Waals surface area contributed by atoms with Crippen molar-refractivity contribution in [3.05, 3.63) is 24.3 Å². The topological polar surface area (TPSA) is 58.6 Å². The predicted octanol–water partition coefficient (Wildman–Crippen LogP) is 2.72. The van der Waals surface area contributed by atoms with Gasteiger partial charge in [0, 0.05) is 24.3 Å². The molecule has 0 aromatic heterocycles. The van der Waals surface area contributed by atoms with Gasteiger partial charge in [-0.3, -0.25) is 9.59 Å². The lowest BCUT2D eigenvalue weighted by Gasteiger charge is -2.16. The first-order valence-corrected chi connectivity index (χ1v) is 7.20. The first-order chi connectivity index (χ1) is 10.8. The van der Waals surface area contributed by atoms with Crippen molar-refractivity contribution < 1.29 is 27.5 Å². The number of rotatable bonds is 6. The highest BCUT2D eigenvalue weighted by atomic mass is 19.4. The second kappa shape index (κ2) is 7.45. The van der Waals surface area contributed by atoms with Gasteiger partial charge < -0.3 is 15.0 Å². The zero-order chi connectivity index (χ0) is 16.9. The highest BCUT2D eigenvalue weighted by Crippen LogP contribution is 2.24. The first-order valence-electron chi connectivity index (χ1n) is 7.20. The van der Waals surface area contributed by atoms with Crippen molar-refractivity contribution in [2.24, 2.45) is 0 Å². The summed E-state index contributed by atoms with van der Waals surface area (Å²) in [4.78, 5) is 25.0. The molecule has 0 spiro atoms. The molecule has 1 saturated heterocycles. The Morgan fingerprint density at radius 2 is 2.13 bits per heavy atom. The van der Waals surface area contributed by atoms with Crippen molar-refractivity contribution in [2.45, 2.75) is 25.4 Å². The molecule has 2 rings (SSSR count). The minimum Gasteiger partial charge on any atom is -0.372 e. The average Bonchev–Trinajstić information content (AvgIpc) is 2.89. The number of carbonyl (C=O) groups excluding carboxylic acids is 2. The molecule has 1 aromatic rings. The monoisotopic (exact) mass is 330 g/mol. The molecule has 0 aliphatic carbocycles. The second-order valence-electron chi connectivity index (χ2n) is 5.17. The van der Waals surface area contributed by atoms with Crippen LogP contribution in [0.5, 0.6) is 0 Å². The number of nitrogens with zero attached hydrogens (tertiary/aromatic N) is 1. The Morgan fingerprint density at radius 1 is 1.35 bits per heavy atom. The molecule has 0 unspecified atom stereocenters. The van der Waals surface area contributed by atoms with E-state index < -0.39 is 18.7 Å². The van der Waals surface area contributed by atoms with Crippen molar-refractivity contribution in [3.63, 3.8) is 0 Å². The van der Waals surface area contributed by atoms with Gasteiger partial charge >= 0.3 is 6.18 Å². The maximum Gasteiger partial charge on any atom is 0.411 e. The smallest absolute Gasteiger partial charge is 0.372 e. The molecule has 1 fully saturated rings. The molecule has 2 amide bonds. The zero-order valence-corrected chi connectivity index (χ0v) is 12.4. The maximum atomic E-state index is 11.9. The number of ether oxygens (including phenoxy) is 1. The van der Waals surface area contributed by atoms with Gasteiger partial charge in [-0.25, -0.2) is 0 Å². The van der Waals surface area contributed by atoms with Crippen LogP contribution in [0.3, 0.4) is 0 Å². The van der Waals surface area contributed by atoms with Crippen molar-refractivity contribution in [1.82, 2.24) is 0 Å². The highest BCUT2D eigenvalue weighted by molar-refractivity contribution is 5.97. The van der Waals surface area contributed by atoms with Crippen LogP contribution in [0.2, 0.25) is 0 Å². The van der Waals surface area contributed by atoms with Gasteiger partial charge in [-0.05, 0) is 24.6 Å². The quantitative estimate of drug-likeness (QED) is 0.816. The van der Waals surface area contributed by atoms with E-state index in [0.717, 1.165) is 6.42 Å². The number of amides is 2. The normalized spacial score (nSPS) is 15.1. The summed E-state index contributed by atoms with van der Waals surface area (Å²) in [6.45, 7) is -1.04. The molecule has 0 atom stereocenters. The van der Waals surface area contributed by atoms with Crippen LogP contribution >= 0.6 is 0 Å². The average molecular weight is 330 g/mol. The van der Waals surface area contributed by atoms with E-state index in [4.69, 9.17) is 0 Å². The van der Waals surface area contributed by atoms with Crippen molar-refractivity contribution in [3.8, 4) is 0 Å². The van der Waals surface area contributed by atoms with E-state index >= 15 is 0 Å². The van der Waals surface area contributed by atoms with Crippen molar-refractivity contribution >= 4 is 23.2 Å². The van der Waals surface area contributed by atoms with Crippen LogP contribution in [0.4, 0.5) is 24.5 Å². The molecule has 0 saturated carbocycles. The Hall–Kier alpha value is -2.09. The van der Waals surface area contributed by atoms with Crippen LogP contribution < -0.4 is 10.2 Å². The third-order valence-electron chi connectivity index (χ3n) is 3.25. The molecule has 1 aliphatic rings. The molecule has 126 valence electrons. The lowest BCUT2D eigenvalue weighted by atomic mass is 10.2. The van der Waals surface area contributed by atoms with Crippen LogP contribution in [0, 0.1) is 0 Å². The second-order valence-corrected chi connectivity index (χ2v) is 5.17. The number of anilines is 2. The highest BCUT2D eigenvalue weighted by Gasteiger charge is 2.27. The van der Waals surface area contributed by atoms with E-state index in [9.17, 15) is 22.8 Å². The molecule has 8 heteroatoms. The van der Waals surface area contributed by atoms with Crippen LogP contribution in [-0.4, -0.2) is 37.7 Å². The number of benzene rings is 1. The fraction of sp³-hybridized carbons (Fsp3) is 0.467. The summed E-state index contributed by atoms with van der Waals surface area (Å²) in [5.41, 5.74) is 1.18. The third-order valence-corrected chi connectivity index (χ3v) is 3.25. The number of halogens is 3. The zero-order valence-electron chi connectivity index (χ0n) is 12.4. The molecule has 0 bridgehead atoms. The lowest BCUT2D eigenvalue weighted by Crippen LogP contribution is -2.24. The van der Waals surface area contributed by atoms with Gasteiger partial charge in [0.25, 0.3) is 0 Å². The molecule has 1 aromatic carbocycles. The summed E-state index contributed by atoms with van der Waals surface area (Å²) in [6, 6.07) is 6.79. The van der Waals surface area contributed by atoms with Gasteiger partial charge in [0.05, 0.1) is 13.0 Å². The van der Waals surface area contributed by atoms with Gasteiger partial charge in [-0.1, -0.05) is 6.07 Å². The molecule has 1 aliphatic heterocycles. The molecular weight excluding hydrogens is 313 g/mol. The van der Waals surface area contributed by atoms with Gasteiger partial charge in [0.1, 0.15) is 6.61 Å². The fourth-order valence-corrected chi connectivity index (χ4v) is 2.25. The molecular formula is C15H17F3N2O3. The lowest BCUT2D eigenvalue weighted by molar-refractivity contribution is -0.174. The van der Waals surface area contributed by atoms with Gasteiger partial charge in [0.2, 0.25) is 11.8 Å². The van der Waals surface area contributed by atoms with Crippen LogP contribution in [0.25, 0.3) is 0 Å². The summed E-state index contributed by atoms with van der Waals surface area (Å²) < 4.78 is 40.1. The van der Waals surface area contributed by atoms with Crippen molar-refractivity contribution in [1.29, 1.82) is 0 Å². The van der Waals surface area contributed by atoms with Crippen LogP contribution in [0.1, 0.15) is 19.3 Å². The largest absolute Gasteiger partial charge is 0.411 e. The van der Waals surface area contributed by atoms with Crippen molar-refractivity contribution in [2.75, 3.05) is 30.0 Å². The summed E-state index contributed by atoms with van der Waals surface area (Å²) >= 11 is 0. The third kappa shape index (κ3) is 5.55. The number of carbonyl (C=O) groups is 2. The standard InChI is InChI=1S/C15H17F3N2O3/c16-15(17,18)10-23-8-6-13(21)19-11-3-1-4-12(9-11)20-7-2-5-14(20)22/h1,3-4,9H,2,5-8,10H2,(H,19,21). The van der Waals surface area contributed by atoms with E-state index in [1.165, 1.54) is 0 Å². The Morgan fingerprint density at radius 3 is 2.78 bits per heavy atom. The van der Waals surface area contributed by atoms with Gasteiger partial charge in [-0.15, -0.1) is 0 Å². The number of hydrogen-bond donors (Lipinski definition) is 1. The number of nitrogens with one attached hydrogen (secondary N) is 1. The summed E-state index contributed by atoms with van der Waals surface area (Å²) in [5.74, 6) is -0.411. The predicted molar refractivity (Wildman–Crippen MR) is 78.1 cm³/mol. The summed E-state index contributed by atoms with van der Waals surface area (Å²) in [6.07, 6.45) is -3.27. The first kappa shape index (κ1) is 17.3. The molecule has 0 radical (unpaired) electrons. The number of alkyl halides is 3. The fourth-order valence-electron chi connectivity index (χ4n) is 2.25. The summed E-state index contributed by atoms with van der Waals surface area (Å²) in [7, 11) is 0. The molecule has 5 nitrogen and oxygen atoms in total. The summed E-state index contributed by atoms with van der Waals surface area (Å²) in [5, 5.41) is 2.58. The number of hydrogen-bond acceptors (Lipinski definition) is 3. The molecule has 1 N–H and O–H groups in total. The van der Waals surface area contributed by atoms with Gasteiger partial charge in [-0.2, -0.15) is 13.2 Å². The maximum absolute atomic E-state index is 11.9. The Balaban J connectivity index is 1.83. The minimum atomic E-state index is -4.40. The molecule has 23 heavy (non-hydrogen) atoms. The minimum absolute atomic E-state index is 0.0361. The van der Waals surface area contributed by atoms with E-state index in [0.29, 0.717) is 24.3 Å². The van der Waals surface area contributed by atoms with Gasteiger partial charge in [0.15, 0.2) is 0 Å². The SMILES string of the molecule is O=C(CCOCC(F)(F)F)Nc1cccc(N2CCCC2=O)c1. The van der Waals surface area contributed by atoms with Crippen LogP contribution in [-0.2, 0) is 14.3 Å². The van der Waals surface area contributed by atoms with E-state index in [1.807, 2.05) is 0 Å².